The van der Waals surface area contributed by atoms with Crippen LogP contribution in [0.25, 0.3) is 0 Å². The van der Waals surface area contributed by atoms with Gasteiger partial charge in [0.15, 0.2) is 9.84 Å². The van der Waals surface area contributed by atoms with Gasteiger partial charge >= 0.3 is 0 Å². The minimum atomic E-state index is -3.34. The molecule has 6 nitrogen and oxygen atoms in total. The van der Waals surface area contributed by atoms with Gasteiger partial charge in [-0.1, -0.05) is 38.1 Å². The first-order valence-corrected chi connectivity index (χ1v) is 14.6. The van der Waals surface area contributed by atoms with Crippen molar-refractivity contribution in [1.82, 2.24) is 0 Å². The second-order valence-electron chi connectivity index (χ2n) is 8.66. The molecule has 1 N–H and O–H groups in total. The molecule has 0 heterocycles. The van der Waals surface area contributed by atoms with Crippen LogP contribution in [0.3, 0.4) is 0 Å². The highest BCUT2D eigenvalue weighted by Crippen LogP contribution is 2.33. The Hall–Kier alpha value is -1.07. The van der Waals surface area contributed by atoms with E-state index in [0.29, 0.717) is 37.7 Å². The highest BCUT2D eigenvalue weighted by Gasteiger charge is 2.23. The van der Waals surface area contributed by atoms with Gasteiger partial charge in [-0.3, -0.25) is 0 Å². The van der Waals surface area contributed by atoms with Crippen molar-refractivity contribution in [2.45, 2.75) is 44.6 Å². The third-order valence-electron chi connectivity index (χ3n) is 5.51. The molecule has 0 spiro atoms. The molecule has 1 unspecified atom stereocenters. The molecule has 0 aliphatic carbocycles. The number of alkyl halides is 1. The van der Waals surface area contributed by atoms with E-state index < -0.39 is 15.9 Å². The maximum atomic E-state index is 12.1. The lowest BCUT2D eigenvalue weighted by atomic mass is 9.78. The summed E-state index contributed by atoms with van der Waals surface area (Å²) in [7, 11) is -3.34. The fourth-order valence-corrected chi connectivity index (χ4v) is 5.36. The minimum absolute atomic E-state index is 0.0361. The molecule has 2 aromatic carbocycles. The van der Waals surface area contributed by atoms with E-state index in [1.807, 2.05) is 36.4 Å². The van der Waals surface area contributed by atoms with Crippen LogP contribution < -0.4 is 9.47 Å². The summed E-state index contributed by atoms with van der Waals surface area (Å²) in [6.07, 6.45) is 0.918. The average molecular weight is 625 g/mol. The fraction of sp³-hybridized carbons (Fsp3) is 0.520. The molecular formula is C25H34ClIO6S. The van der Waals surface area contributed by atoms with Gasteiger partial charge in [0.25, 0.3) is 0 Å². The normalized spacial score (nSPS) is 13.0. The van der Waals surface area contributed by atoms with Crippen molar-refractivity contribution in [2.24, 2.45) is 0 Å². The molecule has 0 saturated heterocycles. The van der Waals surface area contributed by atoms with Crippen LogP contribution in [0.15, 0.2) is 48.5 Å². The van der Waals surface area contributed by atoms with E-state index in [0.717, 1.165) is 23.3 Å². The molecular weight excluding hydrogens is 591 g/mol. The summed E-state index contributed by atoms with van der Waals surface area (Å²) in [5.74, 6) is 1.71. The van der Waals surface area contributed by atoms with Crippen molar-refractivity contribution >= 4 is 44.4 Å². The Morgan fingerprint density at radius 2 is 1.47 bits per heavy atom. The molecule has 2 aromatic rings. The van der Waals surface area contributed by atoms with E-state index in [4.69, 9.17) is 24.1 Å². The summed E-state index contributed by atoms with van der Waals surface area (Å²) in [5.41, 5.74) is 2.02. The first-order valence-electron chi connectivity index (χ1n) is 11.3. The summed E-state index contributed by atoms with van der Waals surface area (Å²) in [4.78, 5) is 0. The number of unbranched alkanes of at least 4 members (excludes halogenated alkanes) is 1. The van der Waals surface area contributed by atoms with Gasteiger partial charge in [-0.15, -0.1) is 11.6 Å². The Balaban J connectivity index is 1.89. The van der Waals surface area contributed by atoms with Gasteiger partial charge < -0.3 is 17.6 Å². The van der Waals surface area contributed by atoms with Gasteiger partial charge in [-0.05, 0) is 54.7 Å². The number of aliphatic hydroxyl groups excluding tert-OH is 1. The molecule has 0 aliphatic rings. The van der Waals surface area contributed by atoms with Crippen LogP contribution in [0.4, 0.5) is 0 Å². The zero-order valence-corrected chi connectivity index (χ0v) is 23.4. The lowest BCUT2D eigenvalue weighted by molar-refractivity contribution is 0.125. The second kappa shape index (κ2) is 14.5. The van der Waals surface area contributed by atoms with Gasteiger partial charge in [0.1, 0.15) is 47.2 Å². The molecule has 0 amide bonds. The Labute approximate surface area is 222 Å². The minimum Gasteiger partial charge on any atom is -0.494 e. The van der Waals surface area contributed by atoms with Crippen molar-refractivity contribution in [3.05, 3.63) is 59.7 Å². The van der Waals surface area contributed by atoms with Gasteiger partial charge in [-0.25, -0.2) is 8.42 Å². The Morgan fingerprint density at radius 3 is 2.00 bits per heavy atom. The highest BCUT2D eigenvalue weighted by molar-refractivity contribution is 14.1. The van der Waals surface area contributed by atoms with Gasteiger partial charge in [0.2, 0.25) is 0 Å². The monoisotopic (exact) mass is 624 g/mol. The van der Waals surface area contributed by atoms with Crippen LogP contribution in [0.5, 0.6) is 11.5 Å². The fourth-order valence-electron chi connectivity index (χ4n) is 3.44. The van der Waals surface area contributed by atoms with Gasteiger partial charge in [-0.2, -0.15) is 0 Å². The third-order valence-corrected chi connectivity index (χ3v) is 8.03. The van der Waals surface area contributed by atoms with Crippen molar-refractivity contribution < 1.29 is 26.1 Å². The van der Waals surface area contributed by atoms with E-state index in [-0.39, 0.29) is 23.5 Å². The summed E-state index contributed by atoms with van der Waals surface area (Å²) in [5, 5.41) is 10.1. The molecule has 190 valence electrons. The smallest absolute Gasteiger partial charge is 0.152 e. The number of ether oxygens (including phenoxy) is 2. The zero-order chi connectivity index (χ0) is 25.0. The molecule has 0 aliphatic heterocycles. The third kappa shape index (κ3) is 9.89. The first kappa shape index (κ1) is 29.2. The Morgan fingerprint density at radius 1 is 0.912 bits per heavy atom. The van der Waals surface area contributed by atoms with Crippen LogP contribution >= 0.6 is 34.6 Å². The predicted molar refractivity (Wildman–Crippen MR) is 145 cm³/mol. The van der Waals surface area contributed by atoms with Crippen LogP contribution in [-0.4, -0.2) is 56.8 Å². The molecule has 0 saturated carbocycles. The highest BCUT2D eigenvalue weighted by atomic mass is 127. The van der Waals surface area contributed by atoms with E-state index in [9.17, 15) is 13.5 Å². The number of hydrogen-bond acceptors (Lipinski definition) is 6. The lowest BCUT2D eigenvalue weighted by Crippen LogP contribution is -2.28. The number of rotatable bonds is 16. The molecule has 0 radical (unpaired) electrons. The number of halogens is 2. The number of hydrogen-bond donors (Lipinski definition) is 1. The maximum Gasteiger partial charge on any atom is 0.152 e. The topological polar surface area (TPSA) is 82.1 Å². The molecule has 0 bridgehead atoms. The molecule has 9 heteroatoms. The Bertz CT molecular complexity index is 948. The summed E-state index contributed by atoms with van der Waals surface area (Å²) in [6.45, 7) is 5.33. The predicted octanol–water partition coefficient (Wildman–Crippen LogP) is 5.32. The first-order chi connectivity index (χ1) is 16.2. The molecule has 34 heavy (non-hydrogen) atoms. The van der Waals surface area contributed by atoms with E-state index in [1.165, 1.54) is 0 Å². The van der Waals surface area contributed by atoms with E-state index in [2.05, 4.69) is 26.0 Å². The average Bonchev–Trinajstić information content (AvgIpc) is 2.81. The van der Waals surface area contributed by atoms with Crippen LogP contribution in [0, 0.1) is 0 Å². The lowest BCUT2D eigenvalue weighted by Gasteiger charge is -2.26. The molecule has 1 atom stereocenters. The van der Waals surface area contributed by atoms with Crippen molar-refractivity contribution in [3.8, 4) is 11.5 Å². The van der Waals surface area contributed by atoms with Crippen LogP contribution in [0.1, 0.15) is 44.2 Å². The van der Waals surface area contributed by atoms with E-state index in [1.54, 1.807) is 23.0 Å². The standard InChI is InChI=1S/C25H34ClIO6S/c1-25(2,20-6-10-23(11-7-20)31-15-5-14-26)21-8-12-24(13-9-21)32-18-22(28)19-34(29,30)17-4-3-16-33-27/h6-13,22,28H,3-5,14-19H2,1-2H3. The zero-order valence-electron chi connectivity index (χ0n) is 19.7. The summed E-state index contributed by atoms with van der Waals surface area (Å²) < 4.78 is 40.4. The summed E-state index contributed by atoms with van der Waals surface area (Å²) >= 11 is 7.47. The largest absolute Gasteiger partial charge is 0.494 e. The molecule has 0 fully saturated rings. The Kier molecular flexibility index (Phi) is 12.4. The van der Waals surface area contributed by atoms with Crippen molar-refractivity contribution in [2.75, 3.05) is 37.2 Å². The molecule has 2 rings (SSSR count). The number of benzene rings is 2. The number of aliphatic hydroxyl groups is 1. The summed E-state index contributed by atoms with van der Waals surface area (Å²) in [6, 6.07) is 15.7. The number of sulfone groups is 1. The SMILES string of the molecule is CC(C)(c1ccc(OCCCCl)cc1)c1ccc(OCC(O)CS(=O)(=O)CCCCOI)cc1. The van der Waals surface area contributed by atoms with E-state index >= 15 is 0 Å². The van der Waals surface area contributed by atoms with Crippen LogP contribution in [0.2, 0.25) is 0 Å². The second-order valence-corrected chi connectivity index (χ2v) is 11.9. The van der Waals surface area contributed by atoms with Crippen LogP contribution in [-0.2, 0) is 18.3 Å². The quantitative estimate of drug-likeness (QED) is 0.155. The van der Waals surface area contributed by atoms with Crippen molar-refractivity contribution in [3.63, 3.8) is 0 Å². The maximum absolute atomic E-state index is 12.1. The van der Waals surface area contributed by atoms with Gasteiger partial charge in [0, 0.05) is 11.3 Å². The van der Waals surface area contributed by atoms with Gasteiger partial charge in [0.05, 0.1) is 24.7 Å². The molecule has 0 aromatic heterocycles. The van der Waals surface area contributed by atoms with Crippen molar-refractivity contribution in [1.29, 1.82) is 0 Å².